The van der Waals surface area contributed by atoms with Gasteiger partial charge in [0.25, 0.3) is 0 Å². The molecule has 2 heterocycles. The molecule has 8 nitrogen and oxygen atoms in total. The Labute approximate surface area is 131 Å². The Kier molecular flexibility index (Phi) is 3.66. The van der Waals surface area contributed by atoms with Crippen LogP contribution in [0.15, 0.2) is 17.3 Å². The minimum absolute atomic E-state index is 0.102. The van der Waals surface area contributed by atoms with Crippen LogP contribution in [0.25, 0.3) is 16.7 Å². The first-order chi connectivity index (χ1) is 10.1. The quantitative estimate of drug-likeness (QED) is 0.687. The number of benzene rings is 1. The molecule has 0 radical (unpaired) electrons. The van der Waals surface area contributed by atoms with Gasteiger partial charge in [0.05, 0.1) is 28.2 Å². The highest BCUT2D eigenvalue weighted by Crippen LogP contribution is 2.33. The van der Waals surface area contributed by atoms with Crippen LogP contribution in [0.5, 0.6) is 0 Å². The molecule has 3 N–H and O–H groups in total. The molecule has 3 rings (SSSR count). The monoisotopic (exact) mass is 342 g/mol. The fourth-order valence-electron chi connectivity index (χ4n) is 1.74. The number of nitrogens with two attached hydrogens (primary N) is 1. The zero-order chi connectivity index (χ0) is 15.0. The van der Waals surface area contributed by atoms with Gasteiger partial charge >= 0.3 is 5.97 Å². The Hall–Kier alpha value is -1.91. The first-order valence-corrected chi connectivity index (χ1v) is 7.64. The number of hydrogen-bond acceptors (Lipinski definition) is 8. The summed E-state index contributed by atoms with van der Waals surface area (Å²) in [6.45, 7) is 0. The number of rotatable bonds is 4. The third-order valence-electron chi connectivity index (χ3n) is 2.56. The van der Waals surface area contributed by atoms with Crippen molar-refractivity contribution in [2.24, 2.45) is 0 Å². The van der Waals surface area contributed by atoms with Gasteiger partial charge in [-0.25, -0.2) is 0 Å². The van der Waals surface area contributed by atoms with Gasteiger partial charge in [0.2, 0.25) is 5.95 Å². The van der Waals surface area contributed by atoms with E-state index in [2.05, 4.69) is 18.9 Å². The van der Waals surface area contributed by atoms with Gasteiger partial charge in [-0.05, 0) is 12.1 Å². The number of fused-ring (bicyclic) bond motifs is 1. The molecule has 0 spiro atoms. The van der Waals surface area contributed by atoms with Crippen LogP contribution in [0.1, 0.15) is 0 Å². The Balaban J connectivity index is 2.18. The average molecular weight is 343 g/mol. The van der Waals surface area contributed by atoms with E-state index in [0.717, 1.165) is 23.5 Å². The number of thioether (sulfide) groups is 1. The normalized spacial score (nSPS) is 11.1. The fraction of sp³-hybridized carbons (Fsp3) is 0.100. The van der Waals surface area contributed by atoms with Crippen LogP contribution < -0.4 is 5.73 Å². The Bertz CT molecular complexity index is 832. The van der Waals surface area contributed by atoms with Crippen LogP contribution in [0.4, 0.5) is 5.95 Å². The molecular weight excluding hydrogens is 336 g/mol. The first-order valence-electron chi connectivity index (χ1n) is 5.54. The maximum atomic E-state index is 10.7. The van der Waals surface area contributed by atoms with Crippen LogP contribution in [-0.2, 0) is 4.79 Å². The standard InChI is InChI=1S/C10H7ClN6O2S2/c11-4-1-2-5-7(16-21-15-5)8(4)17-9(12)13-14-10(17)20-3-6(18)19/h1-2H,3H2,(H2,12,13)(H,18,19). The van der Waals surface area contributed by atoms with E-state index >= 15 is 0 Å². The van der Waals surface area contributed by atoms with Crippen molar-refractivity contribution < 1.29 is 9.90 Å². The summed E-state index contributed by atoms with van der Waals surface area (Å²) in [4.78, 5) is 10.7. The minimum atomic E-state index is -0.965. The van der Waals surface area contributed by atoms with Gasteiger partial charge in [-0.15, -0.1) is 10.2 Å². The average Bonchev–Trinajstić information content (AvgIpc) is 3.04. The lowest BCUT2D eigenvalue weighted by Gasteiger charge is -2.09. The summed E-state index contributed by atoms with van der Waals surface area (Å²) in [6, 6.07) is 3.42. The van der Waals surface area contributed by atoms with Crippen molar-refractivity contribution in [2.45, 2.75) is 5.16 Å². The van der Waals surface area contributed by atoms with E-state index in [1.54, 1.807) is 12.1 Å². The molecular formula is C10H7ClN6O2S2. The number of hydrogen-bond donors (Lipinski definition) is 2. The highest BCUT2D eigenvalue weighted by Gasteiger charge is 2.20. The summed E-state index contributed by atoms with van der Waals surface area (Å²) in [5.41, 5.74) is 7.57. The predicted molar refractivity (Wildman–Crippen MR) is 80.1 cm³/mol. The van der Waals surface area contributed by atoms with Crippen LogP contribution in [0.2, 0.25) is 5.02 Å². The van der Waals surface area contributed by atoms with Crippen molar-refractivity contribution in [3.63, 3.8) is 0 Å². The van der Waals surface area contributed by atoms with Crippen LogP contribution >= 0.6 is 35.1 Å². The third kappa shape index (κ3) is 2.52. The molecule has 0 fully saturated rings. The van der Waals surface area contributed by atoms with Crippen LogP contribution in [0, 0.1) is 0 Å². The van der Waals surface area contributed by atoms with E-state index in [9.17, 15) is 4.79 Å². The van der Waals surface area contributed by atoms with Crippen molar-refractivity contribution in [1.29, 1.82) is 0 Å². The smallest absolute Gasteiger partial charge is 0.313 e. The summed E-state index contributed by atoms with van der Waals surface area (Å²) in [5, 5.41) is 17.2. The SMILES string of the molecule is Nc1nnc(SCC(=O)O)n1-c1c(Cl)ccc2nsnc12. The van der Waals surface area contributed by atoms with E-state index in [0.29, 0.717) is 26.9 Å². The second kappa shape index (κ2) is 5.47. The lowest BCUT2D eigenvalue weighted by Crippen LogP contribution is -2.05. The molecule has 0 saturated carbocycles. The number of aromatic nitrogens is 5. The molecule has 0 aliphatic carbocycles. The molecule has 2 aromatic heterocycles. The number of nitrogens with zero attached hydrogens (tertiary/aromatic N) is 5. The molecule has 21 heavy (non-hydrogen) atoms. The van der Waals surface area contributed by atoms with Gasteiger partial charge in [0, 0.05) is 0 Å². The number of nitrogen functional groups attached to an aromatic ring is 1. The van der Waals surface area contributed by atoms with Crippen molar-refractivity contribution >= 4 is 58.0 Å². The van der Waals surface area contributed by atoms with Gasteiger partial charge in [-0.2, -0.15) is 8.75 Å². The minimum Gasteiger partial charge on any atom is -0.481 e. The Morgan fingerprint density at radius 1 is 1.43 bits per heavy atom. The van der Waals surface area contributed by atoms with Crippen molar-refractivity contribution in [3.8, 4) is 5.69 Å². The summed E-state index contributed by atoms with van der Waals surface area (Å²) in [7, 11) is 0. The molecule has 108 valence electrons. The number of anilines is 1. The summed E-state index contributed by atoms with van der Waals surface area (Å²) >= 11 is 8.28. The van der Waals surface area contributed by atoms with Gasteiger partial charge in [-0.3, -0.25) is 9.36 Å². The number of carboxylic acid groups (broad SMARTS) is 1. The van der Waals surface area contributed by atoms with E-state index in [1.165, 1.54) is 4.57 Å². The first kappa shape index (κ1) is 14.0. The second-order valence-corrected chi connectivity index (χ2v) is 5.76. The molecule has 0 aliphatic heterocycles. The third-order valence-corrected chi connectivity index (χ3v) is 4.32. The fourth-order valence-corrected chi connectivity index (χ4v) is 3.18. The van der Waals surface area contributed by atoms with Crippen LogP contribution in [-0.4, -0.2) is 40.3 Å². The molecule has 0 unspecified atom stereocenters. The van der Waals surface area contributed by atoms with E-state index in [4.69, 9.17) is 22.4 Å². The van der Waals surface area contributed by atoms with E-state index in [-0.39, 0.29) is 11.7 Å². The molecule has 0 bridgehead atoms. The maximum Gasteiger partial charge on any atom is 0.313 e. The van der Waals surface area contributed by atoms with Gasteiger partial charge in [-0.1, -0.05) is 23.4 Å². The summed E-state index contributed by atoms with van der Waals surface area (Å²) < 4.78 is 9.83. The van der Waals surface area contributed by atoms with E-state index in [1.807, 2.05) is 0 Å². The van der Waals surface area contributed by atoms with Crippen molar-refractivity contribution in [2.75, 3.05) is 11.5 Å². The lowest BCUT2D eigenvalue weighted by molar-refractivity contribution is -0.133. The van der Waals surface area contributed by atoms with Gasteiger partial charge in [0.15, 0.2) is 5.16 Å². The van der Waals surface area contributed by atoms with Gasteiger partial charge in [0.1, 0.15) is 11.0 Å². The zero-order valence-electron chi connectivity index (χ0n) is 10.2. The summed E-state index contributed by atoms with van der Waals surface area (Å²) in [5.74, 6) is -1.03. The second-order valence-electron chi connectivity index (χ2n) is 3.89. The van der Waals surface area contributed by atoms with Crippen molar-refractivity contribution in [3.05, 3.63) is 17.2 Å². The molecule has 0 atom stereocenters. The number of carboxylic acids is 1. The predicted octanol–water partition coefficient (Wildman–Crippen LogP) is 1.68. The number of halogens is 1. The highest BCUT2D eigenvalue weighted by molar-refractivity contribution is 7.99. The molecule has 0 saturated heterocycles. The molecule has 1 aromatic carbocycles. The molecule has 0 aliphatic rings. The zero-order valence-corrected chi connectivity index (χ0v) is 12.6. The summed E-state index contributed by atoms with van der Waals surface area (Å²) in [6.07, 6.45) is 0. The van der Waals surface area contributed by atoms with Gasteiger partial charge < -0.3 is 10.8 Å². The number of aliphatic carboxylic acids is 1. The molecule has 11 heteroatoms. The van der Waals surface area contributed by atoms with E-state index < -0.39 is 5.97 Å². The lowest BCUT2D eigenvalue weighted by atomic mass is 10.2. The number of carbonyl (C=O) groups is 1. The Morgan fingerprint density at radius 3 is 3.00 bits per heavy atom. The van der Waals surface area contributed by atoms with Crippen molar-refractivity contribution in [1.82, 2.24) is 23.5 Å². The highest BCUT2D eigenvalue weighted by atomic mass is 35.5. The molecule has 0 amide bonds. The molecule has 3 aromatic rings. The van der Waals surface area contributed by atoms with Crippen LogP contribution in [0.3, 0.4) is 0 Å². The topological polar surface area (TPSA) is 120 Å². The maximum absolute atomic E-state index is 10.7. The Morgan fingerprint density at radius 2 is 2.24 bits per heavy atom. The largest absolute Gasteiger partial charge is 0.481 e.